The number of methoxy groups -OCH3 is 1. The molecule has 0 aromatic carbocycles. The van der Waals surface area contributed by atoms with E-state index in [-0.39, 0.29) is 11.9 Å². The van der Waals surface area contributed by atoms with Gasteiger partial charge in [-0.05, 0) is 27.9 Å². The normalized spacial score (nSPS) is 8.82. The van der Waals surface area contributed by atoms with Crippen molar-refractivity contribution in [2.75, 3.05) is 27.9 Å². The van der Waals surface area contributed by atoms with Gasteiger partial charge < -0.3 is 9.47 Å². The van der Waals surface area contributed by atoms with Gasteiger partial charge in [-0.25, -0.2) is 9.59 Å². The highest BCUT2D eigenvalue weighted by Crippen LogP contribution is 1.91. The minimum absolute atomic E-state index is 0.311. The summed E-state index contributed by atoms with van der Waals surface area (Å²) in [5.41, 5.74) is 0.865. The van der Waals surface area contributed by atoms with E-state index in [1.165, 1.54) is 7.11 Å². The molecule has 0 aromatic rings. The first kappa shape index (κ1) is 17.8. The number of nitrogens with zero attached hydrogens (tertiary/aromatic N) is 1. The quantitative estimate of drug-likeness (QED) is 0.424. The highest BCUT2D eigenvalue weighted by atomic mass is 16.5. The predicted molar refractivity (Wildman–Crippen MR) is 66.3 cm³/mol. The van der Waals surface area contributed by atoms with Gasteiger partial charge in [-0.1, -0.05) is 13.2 Å². The van der Waals surface area contributed by atoms with Gasteiger partial charge in [0, 0.05) is 11.1 Å². The maximum absolute atomic E-state index is 10.7. The van der Waals surface area contributed by atoms with Crippen molar-refractivity contribution in [1.29, 1.82) is 0 Å². The average Bonchev–Trinajstić information content (AvgIpc) is 2.24. The van der Waals surface area contributed by atoms with Crippen molar-refractivity contribution in [3.63, 3.8) is 0 Å². The van der Waals surface area contributed by atoms with Crippen LogP contribution in [0.25, 0.3) is 0 Å². The molecule has 98 valence electrons. The number of esters is 2. The van der Waals surface area contributed by atoms with Gasteiger partial charge in [0.25, 0.3) is 0 Å². The summed E-state index contributed by atoms with van der Waals surface area (Å²) in [6.45, 7) is 10.3. The van der Waals surface area contributed by atoms with Crippen LogP contribution in [0, 0.1) is 0 Å². The Labute approximate surface area is 103 Å². The number of carbonyl (C=O) groups is 2. The van der Waals surface area contributed by atoms with E-state index in [0.717, 1.165) is 0 Å². The minimum Gasteiger partial charge on any atom is -0.466 e. The van der Waals surface area contributed by atoms with Crippen LogP contribution in [0.15, 0.2) is 24.3 Å². The zero-order valence-electron chi connectivity index (χ0n) is 11.2. The van der Waals surface area contributed by atoms with Crippen molar-refractivity contribution in [2.24, 2.45) is 0 Å². The third-order valence-electron chi connectivity index (χ3n) is 1.34. The lowest BCUT2D eigenvalue weighted by Gasteiger charge is -2.09. The molecule has 17 heavy (non-hydrogen) atoms. The molecule has 0 N–H and O–H groups in total. The zero-order valence-corrected chi connectivity index (χ0v) is 11.2. The topological polar surface area (TPSA) is 55.8 Å². The molecule has 0 unspecified atom stereocenters. The fraction of sp³-hybridized carbons (Fsp3) is 0.500. The first-order valence-corrected chi connectivity index (χ1v) is 4.93. The summed E-state index contributed by atoms with van der Waals surface area (Å²) < 4.78 is 9.03. The van der Waals surface area contributed by atoms with E-state index in [0.29, 0.717) is 17.9 Å². The molecule has 0 aliphatic carbocycles. The predicted octanol–water partition coefficient (Wildman–Crippen LogP) is 1.36. The molecule has 0 saturated heterocycles. The second-order valence-corrected chi connectivity index (χ2v) is 3.69. The largest absolute Gasteiger partial charge is 0.466 e. The van der Waals surface area contributed by atoms with Crippen molar-refractivity contribution in [1.82, 2.24) is 4.90 Å². The fourth-order valence-electron chi connectivity index (χ4n) is 0.485. The number of hydrogen-bond acceptors (Lipinski definition) is 5. The summed E-state index contributed by atoms with van der Waals surface area (Å²) in [4.78, 5) is 22.7. The van der Waals surface area contributed by atoms with Crippen LogP contribution < -0.4 is 0 Å². The molecule has 0 spiro atoms. The Morgan fingerprint density at radius 3 is 1.65 bits per heavy atom. The Morgan fingerprint density at radius 2 is 1.47 bits per heavy atom. The Hall–Kier alpha value is -1.62. The maximum atomic E-state index is 10.7. The monoisotopic (exact) mass is 243 g/mol. The Balaban J connectivity index is 0. The highest BCUT2D eigenvalue weighted by Gasteiger charge is 2.01. The van der Waals surface area contributed by atoms with Gasteiger partial charge in [-0.3, -0.25) is 4.90 Å². The molecular formula is C12H21NO4. The first-order valence-electron chi connectivity index (χ1n) is 4.93. The molecule has 0 amide bonds. The molecule has 5 nitrogen and oxygen atoms in total. The standard InChI is InChI=1S/C7H13NO2.C5H8O2/c1-6(2)7(9)10-5-8(3)4;1-4(2)5(6)7-3/h1,5H2,2-4H3;1H2,2-3H3. The molecule has 0 bridgehead atoms. The lowest BCUT2D eigenvalue weighted by atomic mass is 10.4. The second kappa shape index (κ2) is 9.59. The smallest absolute Gasteiger partial charge is 0.334 e. The summed E-state index contributed by atoms with van der Waals surface area (Å²) >= 11 is 0. The van der Waals surface area contributed by atoms with Crippen molar-refractivity contribution < 1.29 is 19.1 Å². The lowest BCUT2D eigenvalue weighted by Crippen LogP contribution is -2.19. The molecule has 0 aliphatic heterocycles. The Kier molecular flexibility index (Phi) is 10.0. The molecule has 5 heteroatoms. The first-order chi connectivity index (χ1) is 7.72. The van der Waals surface area contributed by atoms with Crippen LogP contribution in [-0.4, -0.2) is 44.8 Å². The van der Waals surface area contributed by atoms with E-state index >= 15 is 0 Å². The molecule has 0 rings (SSSR count). The summed E-state index contributed by atoms with van der Waals surface area (Å²) in [7, 11) is 4.98. The van der Waals surface area contributed by atoms with Crippen LogP contribution in [0.4, 0.5) is 0 Å². The Bertz CT molecular complexity index is 295. The summed E-state index contributed by atoms with van der Waals surface area (Å²) in [6.07, 6.45) is 0. The van der Waals surface area contributed by atoms with Crippen molar-refractivity contribution in [3.8, 4) is 0 Å². The molecule has 0 saturated carbocycles. The van der Waals surface area contributed by atoms with Gasteiger partial charge in [-0.15, -0.1) is 0 Å². The van der Waals surface area contributed by atoms with E-state index in [2.05, 4.69) is 17.9 Å². The van der Waals surface area contributed by atoms with E-state index in [4.69, 9.17) is 4.74 Å². The van der Waals surface area contributed by atoms with Gasteiger partial charge in [0.2, 0.25) is 0 Å². The fourth-order valence-corrected chi connectivity index (χ4v) is 0.485. The third-order valence-corrected chi connectivity index (χ3v) is 1.34. The summed E-state index contributed by atoms with van der Waals surface area (Å²) in [5, 5.41) is 0. The molecular weight excluding hydrogens is 222 g/mol. The van der Waals surface area contributed by atoms with Gasteiger partial charge >= 0.3 is 11.9 Å². The van der Waals surface area contributed by atoms with Gasteiger partial charge in [0.1, 0.15) is 6.73 Å². The van der Waals surface area contributed by atoms with Crippen molar-refractivity contribution >= 4 is 11.9 Å². The average molecular weight is 243 g/mol. The van der Waals surface area contributed by atoms with Crippen LogP contribution in [-0.2, 0) is 19.1 Å². The van der Waals surface area contributed by atoms with Crippen molar-refractivity contribution in [2.45, 2.75) is 13.8 Å². The lowest BCUT2D eigenvalue weighted by molar-refractivity contribution is -0.142. The third kappa shape index (κ3) is 12.3. The molecule has 0 heterocycles. The highest BCUT2D eigenvalue weighted by molar-refractivity contribution is 5.87. The van der Waals surface area contributed by atoms with Crippen LogP contribution in [0.5, 0.6) is 0 Å². The SMILES string of the molecule is C=C(C)C(=O)OC.C=C(C)C(=O)OCN(C)C. The van der Waals surface area contributed by atoms with E-state index in [1.807, 2.05) is 14.1 Å². The molecule has 0 radical (unpaired) electrons. The van der Waals surface area contributed by atoms with Crippen LogP contribution in [0.3, 0.4) is 0 Å². The second-order valence-electron chi connectivity index (χ2n) is 3.69. The molecule has 0 aliphatic rings. The molecule has 0 aromatic heterocycles. The van der Waals surface area contributed by atoms with Crippen molar-refractivity contribution in [3.05, 3.63) is 24.3 Å². The van der Waals surface area contributed by atoms with Crippen LogP contribution >= 0.6 is 0 Å². The van der Waals surface area contributed by atoms with Crippen LogP contribution in [0.2, 0.25) is 0 Å². The van der Waals surface area contributed by atoms with Gasteiger partial charge in [0.15, 0.2) is 0 Å². The number of ether oxygens (including phenoxy) is 2. The maximum Gasteiger partial charge on any atom is 0.334 e. The summed E-state index contributed by atoms with van der Waals surface area (Å²) in [6, 6.07) is 0. The number of rotatable bonds is 4. The number of hydrogen-bond donors (Lipinski definition) is 0. The van der Waals surface area contributed by atoms with Gasteiger partial charge in [0.05, 0.1) is 7.11 Å². The zero-order chi connectivity index (χ0) is 14.0. The van der Waals surface area contributed by atoms with E-state index < -0.39 is 0 Å². The Morgan fingerprint density at radius 1 is 1.06 bits per heavy atom. The van der Waals surface area contributed by atoms with Crippen LogP contribution in [0.1, 0.15) is 13.8 Å². The van der Waals surface area contributed by atoms with E-state index in [1.54, 1.807) is 18.7 Å². The minimum atomic E-state index is -0.347. The molecule has 0 atom stereocenters. The van der Waals surface area contributed by atoms with E-state index in [9.17, 15) is 9.59 Å². The summed E-state index contributed by atoms with van der Waals surface area (Å²) in [5.74, 6) is -0.686. The van der Waals surface area contributed by atoms with Gasteiger partial charge in [-0.2, -0.15) is 0 Å². The molecule has 0 fully saturated rings. The number of carbonyl (C=O) groups excluding carboxylic acids is 2.